The molecule has 0 fully saturated rings. The molecule has 0 aliphatic rings. The number of hydrogen-bond acceptors (Lipinski definition) is 4. The van der Waals surface area contributed by atoms with E-state index in [-0.39, 0.29) is 11.7 Å². The Kier molecular flexibility index (Phi) is 4.48. The monoisotopic (exact) mass is 334 g/mol. The molecule has 5 nitrogen and oxygen atoms in total. The van der Waals surface area contributed by atoms with Crippen molar-refractivity contribution in [2.75, 3.05) is 12.4 Å². The molecule has 126 valence electrons. The number of carbonyl (C=O) groups is 2. The summed E-state index contributed by atoms with van der Waals surface area (Å²) in [4.78, 5) is 28.9. The third-order valence-corrected chi connectivity index (χ3v) is 4.01. The van der Waals surface area contributed by atoms with Gasteiger partial charge in [0, 0.05) is 10.9 Å². The van der Waals surface area contributed by atoms with Crippen LogP contribution in [0.1, 0.15) is 33.3 Å². The molecule has 0 saturated carbocycles. The highest BCUT2D eigenvalue weighted by Crippen LogP contribution is 2.23. The largest absolute Gasteiger partial charge is 0.497 e. The molecule has 2 aromatic carbocycles. The molecule has 0 unspecified atom stereocenters. The molecule has 1 aromatic heterocycles. The first-order valence-electron chi connectivity index (χ1n) is 7.86. The van der Waals surface area contributed by atoms with Crippen LogP contribution >= 0.6 is 0 Å². The van der Waals surface area contributed by atoms with Gasteiger partial charge in [0.2, 0.25) is 0 Å². The lowest BCUT2D eigenvalue weighted by molar-refractivity contribution is 0.101. The van der Waals surface area contributed by atoms with Gasteiger partial charge in [0.1, 0.15) is 5.75 Å². The summed E-state index contributed by atoms with van der Waals surface area (Å²) in [6.07, 6.45) is 0. The Balaban J connectivity index is 1.99. The Bertz CT molecular complexity index is 980. The number of carbonyl (C=O) groups excluding carboxylic acids is 2. The number of ketones is 1. The van der Waals surface area contributed by atoms with E-state index in [0.29, 0.717) is 28.3 Å². The summed E-state index contributed by atoms with van der Waals surface area (Å²) in [5.41, 5.74) is 2.84. The summed E-state index contributed by atoms with van der Waals surface area (Å²) in [5, 5.41) is 3.63. The highest BCUT2D eigenvalue weighted by molar-refractivity contribution is 6.10. The third-order valence-electron chi connectivity index (χ3n) is 4.01. The lowest BCUT2D eigenvalue weighted by Gasteiger charge is -2.11. The molecule has 3 aromatic rings. The summed E-state index contributed by atoms with van der Waals surface area (Å²) in [6, 6.07) is 14.2. The number of ether oxygens (including phenoxy) is 1. The number of nitrogens with one attached hydrogen (secondary N) is 1. The number of para-hydroxylation sites is 1. The number of Topliss-reactive ketones (excluding diaryl/α,β-unsaturated/α-hetero) is 1. The minimum Gasteiger partial charge on any atom is -0.497 e. The Hall–Kier alpha value is -3.21. The lowest BCUT2D eigenvalue weighted by atomic mass is 10.1. The van der Waals surface area contributed by atoms with Gasteiger partial charge in [-0.2, -0.15) is 0 Å². The second kappa shape index (κ2) is 6.73. The molecule has 3 rings (SSSR count). The van der Waals surface area contributed by atoms with Gasteiger partial charge in [-0.15, -0.1) is 0 Å². The van der Waals surface area contributed by atoms with E-state index in [0.717, 1.165) is 10.9 Å². The van der Waals surface area contributed by atoms with Crippen molar-refractivity contribution < 1.29 is 14.3 Å². The Morgan fingerprint density at radius 2 is 1.80 bits per heavy atom. The zero-order chi connectivity index (χ0) is 18.0. The number of aromatic nitrogens is 1. The molecule has 0 spiro atoms. The van der Waals surface area contributed by atoms with Gasteiger partial charge >= 0.3 is 0 Å². The van der Waals surface area contributed by atoms with E-state index in [1.165, 1.54) is 6.92 Å². The van der Waals surface area contributed by atoms with E-state index in [2.05, 4.69) is 10.3 Å². The van der Waals surface area contributed by atoms with Gasteiger partial charge in [-0.25, -0.2) is 0 Å². The van der Waals surface area contributed by atoms with Gasteiger partial charge in [0.05, 0.1) is 29.6 Å². The van der Waals surface area contributed by atoms with Gasteiger partial charge < -0.3 is 10.1 Å². The predicted octanol–water partition coefficient (Wildman–Crippen LogP) is 4.01. The van der Waals surface area contributed by atoms with Crippen molar-refractivity contribution in [3.63, 3.8) is 0 Å². The number of amides is 1. The van der Waals surface area contributed by atoms with Crippen LogP contribution in [0.5, 0.6) is 5.75 Å². The number of anilines is 1. The molecular weight excluding hydrogens is 316 g/mol. The summed E-state index contributed by atoms with van der Waals surface area (Å²) in [7, 11) is 1.59. The highest BCUT2D eigenvalue weighted by Gasteiger charge is 2.15. The number of pyridine rings is 1. The standard InChI is InChI=1S/C20H18N2O3/c1-12-17(11-14-10-15(25-3)8-9-18(14)21-12)20(24)22-19-7-5-4-6-16(19)13(2)23/h4-11H,1-3H3,(H,22,24). The molecule has 0 bridgehead atoms. The van der Waals surface area contributed by atoms with E-state index >= 15 is 0 Å². The Morgan fingerprint density at radius 1 is 1.04 bits per heavy atom. The van der Waals surface area contributed by atoms with Crippen molar-refractivity contribution >= 4 is 28.3 Å². The first-order chi connectivity index (χ1) is 12.0. The molecule has 1 amide bonds. The fourth-order valence-electron chi connectivity index (χ4n) is 2.70. The number of fused-ring (bicyclic) bond motifs is 1. The molecule has 5 heteroatoms. The predicted molar refractivity (Wildman–Crippen MR) is 97.4 cm³/mol. The van der Waals surface area contributed by atoms with Crippen LogP contribution < -0.4 is 10.1 Å². The Morgan fingerprint density at radius 3 is 2.52 bits per heavy atom. The molecule has 25 heavy (non-hydrogen) atoms. The smallest absolute Gasteiger partial charge is 0.257 e. The van der Waals surface area contributed by atoms with Crippen LogP contribution in [-0.2, 0) is 0 Å². The molecule has 0 aliphatic heterocycles. The molecule has 1 N–H and O–H groups in total. The van der Waals surface area contributed by atoms with E-state index < -0.39 is 0 Å². The van der Waals surface area contributed by atoms with E-state index in [1.54, 1.807) is 44.4 Å². The lowest BCUT2D eigenvalue weighted by Crippen LogP contribution is -2.16. The summed E-state index contributed by atoms with van der Waals surface area (Å²) >= 11 is 0. The van der Waals surface area contributed by atoms with Gasteiger partial charge in [-0.3, -0.25) is 14.6 Å². The second-order valence-corrected chi connectivity index (χ2v) is 5.74. The number of hydrogen-bond donors (Lipinski definition) is 1. The molecule has 0 aliphatic carbocycles. The van der Waals surface area contributed by atoms with Crippen molar-refractivity contribution in [1.82, 2.24) is 4.98 Å². The number of nitrogens with zero attached hydrogens (tertiary/aromatic N) is 1. The number of rotatable bonds is 4. The van der Waals surface area contributed by atoms with Gasteiger partial charge in [-0.1, -0.05) is 12.1 Å². The fourth-order valence-corrected chi connectivity index (χ4v) is 2.70. The van der Waals surface area contributed by atoms with Crippen molar-refractivity contribution in [1.29, 1.82) is 0 Å². The minimum atomic E-state index is -0.302. The fraction of sp³-hybridized carbons (Fsp3) is 0.150. The zero-order valence-corrected chi connectivity index (χ0v) is 14.3. The molecular formula is C20H18N2O3. The first kappa shape index (κ1) is 16.6. The topological polar surface area (TPSA) is 68.3 Å². The molecule has 0 radical (unpaired) electrons. The minimum absolute atomic E-state index is 0.103. The van der Waals surface area contributed by atoms with Crippen molar-refractivity contribution in [2.45, 2.75) is 13.8 Å². The van der Waals surface area contributed by atoms with E-state index in [1.807, 2.05) is 18.2 Å². The summed E-state index contributed by atoms with van der Waals surface area (Å²) in [6.45, 7) is 3.26. The maximum absolute atomic E-state index is 12.7. The van der Waals surface area contributed by atoms with Crippen LogP contribution in [0.25, 0.3) is 10.9 Å². The molecule has 0 saturated heterocycles. The number of aryl methyl sites for hydroxylation is 1. The quantitative estimate of drug-likeness (QED) is 0.732. The van der Waals surface area contributed by atoms with Gasteiger partial charge in [-0.05, 0) is 50.2 Å². The second-order valence-electron chi connectivity index (χ2n) is 5.74. The van der Waals surface area contributed by atoms with Crippen LogP contribution in [0.3, 0.4) is 0 Å². The first-order valence-corrected chi connectivity index (χ1v) is 7.86. The number of benzene rings is 2. The van der Waals surface area contributed by atoms with Crippen LogP contribution in [0.4, 0.5) is 5.69 Å². The van der Waals surface area contributed by atoms with Crippen LogP contribution in [0.15, 0.2) is 48.5 Å². The average Bonchev–Trinajstić information content (AvgIpc) is 2.61. The summed E-state index contributed by atoms with van der Waals surface area (Å²) < 4.78 is 5.22. The van der Waals surface area contributed by atoms with Crippen molar-refractivity contribution in [3.05, 3.63) is 65.4 Å². The summed E-state index contributed by atoms with van der Waals surface area (Å²) in [5.74, 6) is 0.295. The maximum Gasteiger partial charge on any atom is 0.257 e. The van der Waals surface area contributed by atoms with Crippen LogP contribution in [0.2, 0.25) is 0 Å². The Labute approximate surface area is 145 Å². The normalized spacial score (nSPS) is 10.5. The average molecular weight is 334 g/mol. The SMILES string of the molecule is COc1ccc2nc(C)c(C(=O)Nc3ccccc3C(C)=O)cc2c1. The highest BCUT2D eigenvalue weighted by atomic mass is 16.5. The van der Waals surface area contributed by atoms with Gasteiger partial charge in [0.25, 0.3) is 5.91 Å². The van der Waals surface area contributed by atoms with Gasteiger partial charge in [0.15, 0.2) is 5.78 Å². The molecule has 1 heterocycles. The maximum atomic E-state index is 12.7. The van der Waals surface area contributed by atoms with Crippen molar-refractivity contribution in [3.8, 4) is 5.75 Å². The van der Waals surface area contributed by atoms with E-state index in [9.17, 15) is 9.59 Å². The van der Waals surface area contributed by atoms with Crippen LogP contribution in [-0.4, -0.2) is 23.8 Å². The zero-order valence-electron chi connectivity index (χ0n) is 14.3. The third kappa shape index (κ3) is 3.35. The van der Waals surface area contributed by atoms with Crippen molar-refractivity contribution in [2.24, 2.45) is 0 Å². The molecule has 0 atom stereocenters. The van der Waals surface area contributed by atoms with E-state index in [4.69, 9.17) is 4.74 Å². The van der Waals surface area contributed by atoms with Crippen LogP contribution in [0, 0.1) is 6.92 Å². The number of methoxy groups -OCH3 is 1.